The van der Waals surface area contributed by atoms with Crippen LogP contribution in [0.3, 0.4) is 0 Å². The lowest BCUT2D eigenvalue weighted by molar-refractivity contribution is 0.0195. The molecule has 7 heteroatoms. The molecule has 2 heterocycles. The number of morpholine rings is 1. The van der Waals surface area contributed by atoms with Crippen LogP contribution in [0.15, 0.2) is 29.3 Å². The van der Waals surface area contributed by atoms with Crippen molar-refractivity contribution in [3.05, 3.63) is 35.4 Å². The topological polar surface area (TPSA) is 49.3 Å². The van der Waals surface area contributed by atoms with Gasteiger partial charge >= 0.3 is 0 Å². The number of aliphatic imine (C=N–C) groups is 1. The summed E-state index contributed by atoms with van der Waals surface area (Å²) in [7, 11) is 0. The number of hydrogen-bond acceptors (Lipinski definition) is 4. The Morgan fingerprint density at radius 2 is 2.03 bits per heavy atom. The molecule has 2 unspecified atom stereocenters. The van der Waals surface area contributed by atoms with Gasteiger partial charge in [0, 0.05) is 51.9 Å². The fraction of sp³-hybridized carbons (Fsp3) is 0.708. The van der Waals surface area contributed by atoms with E-state index >= 15 is 0 Å². The first-order chi connectivity index (χ1) is 14.8. The second kappa shape index (κ2) is 13.0. The van der Waals surface area contributed by atoms with Crippen LogP contribution in [0, 0.1) is 0 Å². The lowest BCUT2D eigenvalue weighted by atomic mass is 9.89. The van der Waals surface area contributed by atoms with E-state index in [4.69, 9.17) is 14.5 Å². The van der Waals surface area contributed by atoms with Crippen molar-refractivity contribution in [3.8, 4) is 0 Å². The highest BCUT2D eigenvalue weighted by molar-refractivity contribution is 14.0. The first kappa shape index (κ1) is 24.7. The predicted octanol–water partition coefficient (Wildman–Crippen LogP) is 3.46. The fourth-order valence-electron chi connectivity index (χ4n) is 4.96. The molecule has 4 rings (SSSR count). The molecule has 2 saturated heterocycles. The molecule has 1 aliphatic carbocycles. The van der Waals surface area contributed by atoms with E-state index in [1.165, 1.54) is 30.4 Å². The molecule has 2 fully saturated rings. The minimum Gasteiger partial charge on any atom is -0.379 e. The molecular formula is C24H39IN4O2. The monoisotopic (exact) mass is 542 g/mol. The highest BCUT2D eigenvalue weighted by atomic mass is 127. The summed E-state index contributed by atoms with van der Waals surface area (Å²) in [6, 6.07) is 9.39. The van der Waals surface area contributed by atoms with Crippen LogP contribution < -0.4 is 5.32 Å². The molecular weight excluding hydrogens is 503 g/mol. The van der Waals surface area contributed by atoms with Gasteiger partial charge in [0.15, 0.2) is 5.96 Å². The Morgan fingerprint density at radius 1 is 1.19 bits per heavy atom. The molecule has 0 spiro atoms. The molecule has 2 aliphatic heterocycles. The van der Waals surface area contributed by atoms with Crippen LogP contribution in [-0.4, -0.2) is 80.9 Å². The van der Waals surface area contributed by atoms with E-state index in [2.05, 4.69) is 46.3 Å². The average Bonchev–Trinajstić information content (AvgIpc) is 3.29. The number of hydrogen-bond donors (Lipinski definition) is 1. The number of likely N-dealkylation sites (tertiary alicyclic amines) is 1. The van der Waals surface area contributed by atoms with E-state index in [9.17, 15) is 0 Å². The molecule has 1 aromatic rings. The smallest absolute Gasteiger partial charge is 0.193 e. The molecule has 6 nitrogen and oxygen atoms in total. The number of rotatable bonds is 7. The van der Waals surface area contributed by atoms with E-state index in [1.54, 1.807) is 0 Å². The van der Waals surface area contributed by atoms with Crippen LogP contribution in [0.1, 0.15) is 49.8 Å². The number of aryl methyl sites for hydroxylation is 1. The van der Waals surface area contributed by atoms with Crippen LogP contribution in [0.4, 0.5) is 0 Å². The van der Waals surface area contributed by atoms with Crippen LogP contribution >= 0.6 is 24.0 Å². The predicted molar refractivity (Wildman–Crippen MR) is 136 cm³/mol. The SMILES string of the molecule is CCNC(=NCCCOC1CCCc2ccccc21)N1CCC(N2CCOCC2)C1.I. The Bertz CT molecular complexity index is 696. The summed E-state index contributed by atoms with van der Waals surface area (Å²) in [4.78, 5) is 9.93. The number of fused-ring (bicyclic) bond motifs is 1. The molecule has 3 aliphatic rings. The van der Waals surface area contributed by atoms with Crippen molar-refractivity contribution in [2.45, 2.75) is 51.2 Å². The first-order valence-electron chi connectivity index (χ1n) is 11.9. The Hall–Kier alpha value is -0.900. The normalized spacial score (nSPS) is 24.5. The van der Waals surface area contributed by atoms with Crippen molar-refractivity contribution in [1.29, 1.82) is 0 Å². The molecule has 0 saturated carbocycles. The maximum atomic E-state index is 6.25. The summed E-state index contributed by atoms with van der Waals surface area (Å²) in [5.74, 6) is 1.07. The summed E-state index contributed by atoms with van der Waals surface area (Å²) in [6.45, 7) is 10.7. The maximum absolute atomic E-state index is 6.25. The molecule has 0 amide bonds. The van der Waals surface area contributed by atoms with Gasteiger partial charge < -0.3 is 19.7 Å². The number of nitrogens with one attached hydrogen (secondary N) is 1. The van der Waals surface area contributed by atoms with Crippen LogP contribution in [-0.2, 0) is 15.9 Å². The second-order valence-electron chi connectivity index (χ2n) is 8.58. The standard InChI is InChI=1S/C24H38N4O2.HI/c1-2-25-24(28-13-11-21(19-28)27-14-17-29-18-15-27)26-12-6-16-30-23-10-5-8-20-7-3-4-9-22(20)23;/h3-4,7,9,21,23H,2,5-6,8,10-19H2,1H3,(H,25,26);1H. The number of ether oxygens (including phenoxy) is 2. The first-order valence-corrected chi connectivity index (χ1v) is 11.9. The van der Waals surface area contributed by atoms with E-state index < -0.39 is 0 Å². The quantitative estimate of drug-likeness (QED) is 0.248. The molecule has 31 heavy (non-hydrogen) atoms. The van der Waals surface area contributed by atoms with Crippen molar-refractivity contribution in [3.63, 3.8) is 0 Å². The van der Waals surface area contributed by atoms with Gasteiger partial charge in [0.25, 0.3) is 0 Å². The number of nitrogens with zero attached hydrogens (tertiary/aromatic N) is 3. The Morgan fingerprint density at radius 3 is 2.87 bits per heavy atom. The van der Waals surface area contributed by atoms with Gasteiger partial charge in [-0.2, -0.15) is 0 Å². The zero-order valence-corrected chi connectivity index (χ0v) is 21.3. The van der Waals surface area contributed by atoms with Crippen molar-refractivity contribution in [2.75, 3.05) is 59.1 Å². The fourth-order valence-corrected chi connectivity index (χ4v) is 4.96. The molecule has 2 atom stereocenters. The van der Waals surface area contributed by atoms with Gasteiger partial charge in [-0.05, 0) is 50.2 Å². The third kappa shape index (κ3) is 6.79. The van der Waals surface area contributed by atoms with Gasteiger partial charge in [-0.25, -0.2) is 0 Å². The largest absolute Gasteiger partial charge is 0.379 e. The highest BCUT2D eigenvalue weighted by Gasteiger charge is 2.30. The van der Waals surface area contributed by atoms with E-state index in [1.807, 2.05) is 0 Å². The second-order valence-corrected chi connectivity index (χ2v) is 8.58. The van der Waals surface area contributed by atoms with Crippen molar-refractivity contribution < 1.29 is 9.47 Å². The highest BCUT2D eigenvalue weighted by Crippen LogP contribution is 2.32. The van der Waals surface area contributed by atoms with Gasteiger partial charge in [0.2, 0.25) is 0 Å². The third-order valence-corrected chi connectivity index (χ3v) is 6.56. The van der Waals surface area contributed by atoms with E-state index in [0.29, 0.717) is 6.04 Å². The van der Waals surface area contributed by atoms with Gasteiger partial charge in [-0.3, -0.25) is 9.89 Å². The van der Waals surface area contributed by atoms with Gasteiger partial charge in [0.1, 0.15) is 0 Å². The van der Waals surface area contributed by atoms with E-state index in [-0.39, 0.29) is 30.1 Å². The minimum atomic E-state index is 0. The molecule has 0 aromatic heterocycles. The van der Waals surface area contributed by atoms with Gasteiger partial charge in [-0.15, -0.1) is 24.0 Å². The van der Waals surface area contributed by atoms with Crippen molar-refractivity contribution >= 4 is 29.9 Å². The van der Waals surface area contributed by atoms with Crippen molar-refractivity contribution in [1.82, 2.24) is 15.1 Å². The zero-order valence-electron chi connectivity index (χ0n) is 18.9. The minimum absolute atomic E-state index is 0. The van der Waals surface area contributed by atoms with Crippen LogP contribution in [0.5, 0.6) is 0 Å². The van der Waals surface area contributed by atoms with Crippen LogP contribution in [0.25, 0.3) is 0 Å². The Kier molecular flexibility index (Phi) is 10.3. The number of halogens is 1. The molecule has 0 bridgehead atoms. The summed E-state index contributed by atoms with van der Waals surface area (Å²) >= 11 is 0. The maximum Gasteiger partial charge on any atom is 0.193 e. The molecule has 0 radical (unpaired) electrons. The van der Waals surface area contributed by atoms with Gasteiger partial charge in [0.05, 0.1) is 19.3 Å². The lowest BCUT2D eigenvalue weighted by Crippen LogP contribution is -2.46. The summed E-state index contributed by atoms with van der Waals surface area (Å²) in [5, 5.41) is 3.49. The molecule has 1 aromatic carbocycles. The number of guanidine groups is 1. The number of benzene rings is 1. The van der Waals surface area contributed by atoms with Crippen LogP contribution in [0.2, 0.25) is 0 Å². The Labute approximate surface area is 204 Å². The zero-order chi connectivity index (χ0) is 20.6. The Balaban J connectivity index is 0.00000272. The molecule has 1 N–H and O–H groups in total. The lowest BCUT2D eigenvalue weighted by Gasteiger charge is -2.32. The summed E-state index contributed by atoms with van der Waals surface area (Å²) < 4.78 is 11.8. The molecule has 174 valence electrons. The summed E-state index contributed by atoms with van der Waals surface area (Å²) in [5.41, 5.74) is 2.86. The van der Waals surface area contributed by atoms with E-state index in [0.717, 1.165) is 77.9 Å². The van der Waals surface area contributed by atoms with Gasteiger partial charge in [-0.1, -0.05) is 24.3 Å². The summed E-state index contributed by atoms with van der Waals surface area (Å²) in [6.07, 6.45) is 6.00. The van der Waals surface area contributed by atoms with Crippen molar-refractivity contribution in [2.24, 2.45) is 4.99 Å². The third-order valence-electron chi connectivity index (χ3n) is 6.56. The average molecular weight is 543 g/mol.